The van der Waals surface area contributed by atoms with Gasteiger partial charge in [-0.2, -0.15) is 0 Å². The number of aliphatic imine (C=N–C) groups is 1. The fourth-order valence-corrected chi connectivity index (χ4v) is 3.70. The van der Waals surface area contributed by atoms with Crippen LogP contribution < -0.4 is 20.1 Å². The van der Waals surface area contributed by atoms with Gasteiger partial charge in [0.25, 0.3) is 5.56 Å². The highest BCUT2D eigenvalue weighted by molar-refractivity contribution is 5.88. The summed E-state index contributed by atoms with van der Waals surface area (Å²) in [4.78, 5) is 25.9. The van der Waals surface area contributed by atoms with Gasteiger partial charge < -0.3 is 14.5 Å². The molecule has 32 heavy (non-hydrogen) atoms. The Hall–Kier alpha value is -3.35. The molecule has 0 aliphatic carbocycles. The lowest BCUT2D eigenvalue weighted by Crippen LogP contribution is -2.32. The SMILES string of the molecule is COc1cccc(N(C)C[C@H](C)CCN(C)c2nc(C3=CC=NCC=C3)cc(=O)n2C)c1. The van der Waals surface area contributed by atoms with Crippen LogP contribution in [-0.2, 0) is 7.05 Å². The van der Waals surface area contributed by atoms with Crippen molar-refractivity contribution in [2.45, 2.75) is 13.3 Å². The summed E-state index contributed by atoms with van der Waals surface area (Å²) in [6, 6.07) is 9.68. The number of benzene rings is 1. The van der Waals surface area contributed by atoms with E-state index in [4.69, 9.17) is 9.72 Å². The van der Waals surface area contributed by atoms with Crippen LogP contribution in [0.5, 0.6) is 5.75 Å². The molecule has 0 unspecified atom stereocenters. The number of methoxy groups -OCH3 is 1. The van der Waals surface area contributed by atoms with Crippen molar-refractivity contribution in [2.75, 3.05) is 50.6 Å². The second-order valence-electron chi connectivity index (χ2n) is 8.27. The van der Waals surface area contributed by atoms with E-state index in [1.54, 1.807) is 31.0 Å². The first kappa shape index (κ1) is 23.3. The topological polar surface area (TPSA) is 63.0 Å². The van der Waals surface area contributed by atoms with E-state index in [0.717, 1.165) is 36.5 Å². The molecule has 1 aliphatic heterocycles. The Morgan fingerprint density at radius 2 is 2.03 bits per heavy atom. The number of rotatable bonds is 9. The van der Waals surface area contributed by atoms with E-state index in [0.29, 0.717) is 24.1 Å². The minimum atomic E-state index is -0.0712. The maximum Gasteiger partial charge on any atom is 0.255 e. The van der Waals surface area contributed by atoms with Gasteiger partial charge in [0.15, 0.2) is 0 Å². The van der Waals surface area contributed by atoms with E-state index in [1.807, 2.05) is 43.5 Å². The molecule has 2 heterocycles. The molecule has 0 bridgehead atoms. The summed E-state index contributed by atoms with van der Waals surface area (Å²) in [6.07, 6.45) is 8.57. The monoisotopic (exact) mass is 435 g/mol. The molecule has 0 spiro atoms. The second-order valence-corrected chi connectivity index (χ2v) is 8.27. The van der Waals surface area contributed by atoms with Crippen LogP contribution >= 0.6 is 0 Å². The van der Waals surface area contributed by atoms with Crippen LogP contribution in [-0.4, -0.2) is 56.6 Å². The molecule has 2 aromatic rings. The molecule has 0 saturated heterocycles. The van der Waals surface area contributed by atoms with E-state index in [2.05, 4.69) is 34.8 Å². The molecule has 7 nitrogen and oxygen atoms in total. The van der Waals surface area contributed by atoms with Crippen molar-refractivity contribution in [3.63, 3.8) is 0 Å². The Bertz CT molecular complexity index is 1070. The van der Waals surface area contributed by atoms with Gasteiger partial charge in [0.2, 0.25) is 5.95 Å². The predicted molar refractivity (Wildman–Crippen MR) is 133 cm³/mol. The highest BCUT2D eigenvalue weighted by Crippen LogP contribution is 2.22. The summed E-state index contributed by atoms with van der Waals surface area (Å²) in [6.45, 7) is 4.60. The van der Waals surface area contributed by atoms with Gasteiger partial charge >= 0.3 is 0 Å². The van der Waals surface area contributed by atoms with Crippen molar-refractivity contribution in [3.05, 3.63) is 64.6 Å². The predicted octanol–water partition coefficient (Wildman–Crippen LogP) is 3.41. The molecule has 0 N–H and O–H groups in total. The summed E-state index contributed by atoms with van der Waals surface area (Å²) in [5.74, 6) is 1.98. The summed E-state index contributed by atoms with van der Waals surface area (Å²) in [7, 11) is 7.54. The van der Waals surface area contributed by atoms with Gasteiger partial charge in [-0.15, -0.1) is 0 Å². The summed E-state index contributed by atoms with van der Waals surface area (Å²) < 4.78 is 6.94. The second kappa shape index (κ2) is 10.8. The first-order chi connectivity index (χ1) is 15.4. The van der Waals surface area contributed by atoms with Crippen LogP contribution in [0, 0.1) is 5.92 Å². The van der Waals surface area contributed by atoms with Crippen molar-refractivity contribution >= 4 is 23.4 Å². The third-order valence-electron chi connectivity index (χ3n) is 5.65. The molecular formula is C25H33N5O2. The molecule has 1 aliphatic rings. The molecular weight excluding hydrogens is 402 g/mol. The molecule has 0 fully saturated rings. The Kier molecular flexibility index (Phi) is 7.87. The molecule has 1 atom stereocenters. The maximum atomic E-state index is 12.6. The van der Waals surface area contributed by atoms with Gasteiger partial charge in [0.1, 0.15) is 5.75 Å². The van der Waals surface area contributed by atoms with E-state index >= 15 is 0 Å². The standard InChI is InChI=1S/C25H33N5O2/c1-19(18-29(3)21-9-6-10-22(16-21)32-5)12-15-28(2)25-27-23(17-24(31)30(25)4)20-8-7-13-26-14-11-20/h6-11,14,16-17,19H,12-13,15,18H2,1-5H3/t19-/m1/s1. The molecule has 0 amide bonds. The number of anilines is 2. The number of nitrogens with zero attached hydrogens (tertiary/aromatic N) is 5. The molecule has 0 radical (unpaired) electrons. The highest BCUT2D eigenvalue weighted by Gasteiger charge is 2.14. The number of allylic oxidation sites excluding steroid dienone is 3. The Labute approximate surface area is 190 Å². The molecule has 1 aromatic carbocycles. The van der Waals surface area contributed by atoms with Gasteiger partial charge in [-0.3, -0.25) is 14.4 Å². The van der Waals surface area contributed by atoms with Crippen molar-refractivity contribution in [3.8, 4) is 5.75 Å². The van der Waals surface area contributed by atoms with Crippen LogP contribution in [0.15, 0.2) is 58.3 Å². The summed E-state index contributed by atoms with van der Waals surface area (Å²) in [5, 5.41) is 0. The third kappa shape index (κ3) is 5.87. The van der Waals surface area contributed by atoms with E-state index in [1.165, 1.54) is 0 Å². The van der Waals surface area contributed by atoms with Gasteiger partial charge in [0, 0.05) is 63.8 Å². The quantitative estimate of drug-likeness (QED) is 0.604. The third-order valence-corrected chi connectivity index (χ3v) is 5.65. The average Bonchev–Trinajstić information content (AvgIpc) is 3.09. The van der Waals surface area contributed by atoms with E-state index in [-0.39, 0.29) is 5.56 Å². The molecule has 170 valence electrons. The first-order valence-corrected chi connectivity index (χ1v) is 10.9. The normalized spacial score (nSPS) is 14.0. The maximum absolute atomic E-state index is 12.6. The van der Waals surface area contributed by atoms with Crippen LogP contribution in [0.3, 0.4) is 0 Å². The smallest absolute Gasteiger partial charge is 0.255 e. The minimum Gasteiger partial charge on any atom is -0.497 e. The average molecular weight is 436 g/mol. The fraction of sp³-hybridized carbons (Fsp3) is 0.400. The Balaban J connectivity index is 1.66. The zero-order valence-corrected chi connectivity index (χ0v) is 19.7. The van der Waals surface area contributed by atoms with Gasteiger partial charge in [0.05, 0.1) is 19.3 Å². The Morgan fingerprint density at radius 1 is 1.22 bits per heavy atom. The van der Waals surface area contributed by atoms with Crippen molar-refractivity contribution < 1.29 is 4.74 Å². The summed E-state index contributed by atoms with van der Waals surface area (Å²) >= 11 is 0. The van der Waals surface area contributed by atoms with Crippen molar-refractivity contribution in [1.82, 2.24) is 9.55 Å². The van der Waals surface area contributed by atoms with Crippen molar-refractivity contribution in [1.29, 1.82) is 0 Å². The number of hydrogen-bond donors (Lipinski definition) is 0. The van der Waals surface area contributed by atoms with Crippen molar-refractivity contribution in [2.24, 2.45) is 18.0 Å². The Morgan fingerprint density at radius 3 is 2.81 bits per heavy atom. The van der Waals surface area contributed by atoms with Crippen LogP contribution in [0.25, 0.3) is 5.57 Å². The zero-order valence-electron chi connectivity index (χ0n) is 19.7. The summed E-state index contributed by atoms with van der Waals surface area (Å²) in [5.41, 5.74) is 2.63. The van der Waals surface area contributed by atoms with Crippen LogP contribution in [0.2, 0.25) is 0 Å². The largest absolute Gasteiger partial charge is 0.497 e. The lowest BCUT2D eigenvalue weighted by molar-refractivity contribution is 0.414. The lowest BCUT2D eigenvalue weighted by atomic mass is 10.1. The lowest BCUT2D eigenvalue weighted by Gasteiger charge is -2.26. The van der Waals surface area contributed by atoms with Crippen LogP contribution in [0.4, 0.5) is 11.6 Å². The van der Waals surface area contributed by atoms with Gasteiger partial charge in [-0.1, -0.05) is 25.1 Å². The minimum absolute atomic E-state index is 0.0712. The number of ether oxygens (including phenoxy) is 1. The molecule has 0 saturated carbocycles. The van der Waals surface area contributed by atoms with E-state index in [9.17, 15) is 4.79 Å². The molecule has 1 aromatic heterocycles. The van der Waals surface area contributed by atoms with Gasteiger partial charge in [-0.05, 0) is 30.5 Å². The molecule has 3 rings (SSSR count). The first-order valence-electron chi connectivity index (χ1n) is 10.9. The fourth-order valence-electron chi connectivity index (χ4n) is 3.70. The highest BCUT2D eigenvalue weighted by atomic mass is 16.5. The number of hydrogen-bond acceptors (Lipinski definition) is 6. The zero-order chi connectivity index (χ0) is 23.1. The number of aromatic nitrogens is 2. The van der Waals surface area contributed by atoms with Gasteiger partial charge in [-0.25, -0.2) is 4.98 Å². The van der Waals surface area contributed by atoms with E-state index < -0.39 is 0 Å². The van der Waals surface area contributed by atoms with Crippen LogP contribution in [0.1, 0.15) is 19.0 Å². The molecule has 7 heteroatoms.